The monoisotopic (exact) mass is 432 g/mol. The fourth-order valence-electron chi connectivity index (χ4n) is 2.54. The van der Waals surface area contributed by atoms with Crippen molar-refractivity contribution >= 4 is 23.2 Å². The quantitative estimate of drug-likeness (QED) is 0.620. The van der Waals surface area contributed by atoms with Gasteiger partial charge in [-0.05, 0) is 41.1 Å². The molecule has 2 aromatic carbocycles. The second-order valence-electron chi connectivity index (χ2n) is 5.92. The van der Waals surface area contributed by atoms with Crippen LogP contribution >= 0.6 is 23.2 Å². The summed E-state index contributed by atoms with van der Waals surface area (Å²) in [7, 11) is 1.34. The average molecular weight is 433 g/mol. The Morgan fingerprint density at radius 1 is 1.14 bits per heavy atom. The van der Waals surface area contributed by atoms with Crippen LogP contribution in [0.2, 0.25) is 10.0 Å². The summed E-state index contributed by atoms with van der Waals surface area (Å²) < 4.78 is 47.8. The lowest BCUT2D eigenvalue weighted by atomic mass is 10.1. The number of hydrogen-bond donors (Lipinski definition) is 0. The number of aryl methyl sites for hydroxylation is 2. The molecule has 0 atom stereocenters. The molecule has 0 aliphatic carbocycles. The number of alkyl halides is 3. The first-order chi connectivity index (χ1) is 13.1. The maximum Gasteiger partial charge on any atom is 0.416 e. The third-order valence-corrected chi connectivity index (χ3v) is 4.69. The van der Waals surface area contributed by atoms with E-state index in [0.717, 1.165) is 15.4 Å². The first-order valence-corrected chi connectivity index (χ1v) is 8.62. The molecule has 3 rings (SSSR count). The summed E-state index contributed by atoms with van der Waals surface area (Å²) in [4.78, 5) is 12.1. The third kappa shape index (κ3) is 3.85. The van der Waals surface area contributed by atoms with E-state index in [1.165, 1.54) is 25.2 Å². The topological polar surface area (TPSA) is 61.9 Å². The molecule has 0 saturated carbocycles. The molecule has 0 aliphatic heterocycles. The minimum Gasteiger partial charge on any atom is -0.487 e. The number of tetrazole rings is 1. The van der Waals surface area contributed by atoms with Gasteiger partial charge in [-0.25, -0.2) is 4.79 Å². The third-order valence-electron chi connectivity index (χ3n) is 3.99. The number of hydrogen-bond acceptors (Lipinski definition) is 4. The highest BCUT2D eigenvalue weighted by molar-refractivity contribution is 6.34. The van der Waals surface area contributed by atoms with E-state index in [-0.39, 0.29) is 22.0 Å². The van der Waals surface area contributed by atoms with Gasteiger partial charge in [0.05, 0.1) is 16.3 Å². The second kappa shape index (κ2) is 7.48. The molecule has 3 aromatic rings. The highest BCUT2D eigenvalue weighted by atomic mass is 35.5. The Hall–Kier alpha value is -2.52. The first kappa shape index (κ1) is 20.2. The van der Waals surface area contributed by atoms with E-state index in [4.69, 9.17) is 27.9 Å². The molecule has 0 fully saturated rings. The molecule has 1 aromatic heterocycles. The summed E-state index contributed by atoms with van der Waals surface area (Å²) >= 11 is 12.1. The minimum absolute atomic E-state index is 0.0951. The highest BCUT2D eigenvalue weighted by Crippen LogP contribution is 2.36. The van der Waals surface area contributed by atoms with Crippen molar-refractivity contribution in [2.75, 3.05) is 0 Å². The maximum atomic E-state index is 13.5. The van der Waals surface area contributed by atoms with Crippen LogP contribution in [-0.4, -0.2) is 19.8 Å². The Labute approximate surface area is 167 Å². The highest BCUT2D eigenvalue weighted by Gasteiger charge is 2.35. The van der Waals surface area contributed by atoms with Gasteiger partial charge < -0.3 is 4.74 Å². The van der Waals surface area contributed by atoms with E-state index in [9.17, 15) is 18.0 Å². The number of ether oxygens (including phenoxy) is 1. The lowest BCUT2D eigenvalue weighted by molar-refractivity contribution is -0.138. The Kier molecular flexibility index (Phi) is 5.40. The average Bonchev–Trinajstić information content (AvgIpc) is 2.95. The van der Waals surface area contributed by atoms with Crippen LogP contribution in [0.5, 0.6) is 5.75 Å². The molecular formula is C17H13Cl2F3N4O2. The van der Waals surface area contributed by atoms with Crippen molar-refractivity contribution in [1.82, 2.24) is 19.8 Å². The van der Waals surface area contributed by atoms with Gasteiger partial charge in [-0.1, -0.05) is 29.3 Å². The summed E-state index contributed by atoms with van der Waals surface area (Å²) in [5, 5.41) is 7.70. The van der Waals surface area contributed by atoms with Crippen LogP contribution in [0.25, 0.3) is 5.69 Å². The molecule has 148 valence electrons. The van der Waals surface area contributed by atoms with Crippen molar-refractivity contribution in [3.63, 3.8) is 0 Å². The molecule has 11 heteroatoms. The number of halogens is 5. The number of aromatic nitrogens is 4. The van der Waals surface area contributed by atoms with E-state index >= 15 is 0 Å². The zero-order valence-electron chi connectivity index (χ0n) is 14.6. The number of rotatable bonds is 4. The molecule has 6 nitrogen and oxygen atoms in total. The van der Waals surface area contributed by atoms with Gasteiger partial charge in [-0.15, -0.1) is 0 Å². The minimum atomic E-state index is -4.67. The van der Waals surface area contributed by atoms with E-state index in [0.29, 0.717) is 10.6 Å². The molecule has 0 aliphatic rings. The van der Waals surface area contributed by atoms with Crippen LogP contribution in [0, 0.1) is 6.92 Å². The fourth-order valence-corrected chi connectivity index (χ4v) is 2.97. The van der Waals surface area contributed by atoms with E-state index in [2.05, 4.69) is 10.4 Å². The van der Waals surface area contributed by atoms with Gasteiger partial charge in [0, 0.05) is 23.7 Å². The summed E-state index contributed by atoms with van der Waals surface area (Å²) in [6.45, 7) is 1.21. The fraction of sp³-hybridized carbons (Fsp3) is 0.235. The van der Waals surface area contributed by atoms with Crippen molar-refractivity contribution in [3.8, 4) is 11.4 Å². The molecular weight excluding hydrogens is 420 g/mol. The molecule has 0 radical (unpaired) electrons. The van der Waals surface area contributed by atoms with Gasteiger partial charge in [0.1, 0.15) is 12.4 Å². The van der Waals surface area contributed by atoms with E-state index < -0.39 is 24.0 Å². The van der Waals surface area contributed by atoms with Crippen molar-refractivity contribution < 1.29 is 17.9 Å². The van der Waals surface area contributed by atoms with Crippen LogP contribution in [0.15, 0.2) is 35.1 Å². The number of benzene rings is 2. The van der Waals surface area contributed by atoms with Gasteiger partial charge in [0.25, 0.3) is 0 Å². The molecule has 28 heavy (non-hydrogen) atoms. The van der Waals surface area contributed by atoms with Crippen molar-refractivity contribution in [1.29, 1.82) is 0 Å². The standard InChI is InChI=1S/C17H13Cl2F3N4O2/c1-9-6-13(19)15(7-12(9)18)28-8-10-11(17(20,21)22)4-3-5-14(10)26-16(27)25(2)23-24-26/h3-7H,8H2,1-2H3. The van der Waals surface area contributed by atoms with Crippen LogP contribution < -0.4 is 10.4 Å². The predicted octanol–water partition coefficient (Wildman–Crippen LogP) is 4.18. The van der Waals surface area contributed by atoms with Crippen LogP contribution in [0.3, 0.4) is 0 Å². The first-order valence-electron chi connectivity index (χ1n) is 7.86. The lowest BCUT2D eigenvalue weighted by Gasteiger charge is -2.17. The largest absolute Gasteiger partial charge is 0.487 e. The van der Waals surface area contributed by atoms with Crippen LogP contribution in [0.4, 0.5) is 13.2 Å². The number of nitrogens with zero attached hydrogens (tertiary/aromatic N) is 4. The molecule has 0 bridgehead atoms. The van der Waals surface area contributed by atoms with Crippen molar-refractivity contribution in [2.24, 2.45) is 7.05 Å². The SMILES string of the molecule is Cc1cc(Cl)c(OCc2c(-n3nnn(C)c3=O)cccc2C(F)(F)F)cc1Cl. The smallest absolute Gasteiger partial charge is 0.416 e. The van der Waals surface area contributed by atoms with Gasteiger partial charge in [-0.3, -0.25) is 0 Å². The van der Waals surface area contributed by atoms with Gasteiger partial charge in [-0.2, -0.15) is 22.5 Å². The Morgan fingerprint density at radius 3 is 2.46 bits per heavy atom. The zero-order chi connectivity index (χ0) is 20.6. The molecule has 0 unspecified atom stereocenters. The maximum absolute atomic E-state index is 13.5. The molecule has 0 amide bonds. The Bertz CT molecular complexity index is 1090. The normalized spacial score (nSPS) is 11.7. The second-order valence-corrected chi connectivity index (χ2v) is 6.73. The van der Waals surface area contributed by atoms with E-state index in [1.54, 1.807) is 13.0 Å². The van der Waals surface area contributed by atoms with Crippen molar-refractivity contribution in [3.05, 3.63) is 67.6 Å². The molecule has 1 heterocycles. The lowest BCUT2D eigenvalue weighted by Crippen LogP contribution is -2.24. The molecule has 0 N–H and O–H groups in total. The summed E-state index contributed by atoms with van der Waals surface area (Å²) in [5.41, 5.74) is -1.34. The van der Waals surface area contributed by atoms with Crippen LogP contribution in [-0.2, 0) is 19.8 Å². The van der Waals surface area contributed by atoms with Gasteiger partial charge >= 0.3 is 11.9 Å². The van der Waals surface area contributed by atoms with Crippen molar-refractivity contribution in [2.45, 2.75) is 19.7 Å². The van der Waals surface area contributed by atoms with Crippen LogP contribution in [0.1, 0.15) is 16.7 Å². The Morgan fingerprint density at radius 2 is 1.86 bits per heavy atom. The molecule has 0 spiro atoms. The summed E-state index contributed by atoms with van der Waals surface area (Å²) in [5.74, 6) is 0.117. The summed E-state index contributed by atoms with van der Waals surface area (Å²) in [6, 6.07) is 6.37. The zero-order valence-corrected chi connectivity index (χ0v) is 16.1. The van der Waals surface area contributed by atoms with E-state index in [1.807, 2.05) is 0 Å². The van der Waals surface area contributed by atoms with Gasteiger partial charge in [0.2, 0.25) is 0 Å². The summed E-state index contributed by atoms with van der Waals surface area (Å²) in [6.07, 6.45) is -4.67. The predicted molar refractivity (Wildman–Crippen MR) is 97.1 cm³/mol. The Balaban J connectivity index is 2.09. The molecule has 0 saturated heterocycles. The van der Waals surface area contributed by atoms with Gasteiger partial charge in [0.15, 0.2) is 0 Å².